The van der Waals surface area contributed by atoms with Crippen molar-refractivity contribution in [2.45, 2.75) is 69.5 Å². The zero-order chi connectivity index (χ0) is 22.5. The fourth-order valence-electron chi connectivity index (χ4n) is 2.83. The summed E-state index contributed by atoms with van der Waals surface area (Å²) >= 11 is 0. The Bertz CT molecular complexity index is 706. The highest BCUT2D eigenvalue weighted by molar-refractivity contribution is 5.81. The number of hydrogen-bond acceptors (Lipinski definition) is 9. The summed E-state index contributed by atoms with van der Waals surface area (Å²) in [6.45, 7) is 4.54. The Morgan fingerprint density at radius 2 is 1.70 bits per heavy atom. The van der Waals surface area contributed by atoms with Gasteiger partial charge in [-0.15, -0.1) is 0 Å². The van der Waals surface area contributed by atoms with Crippen LogP contribution in [0.4, 0.5) is 4.79 Å². The van der Waals surface area contributed by atoms with E-state index in [1.807, 2.05) is 6.07 Å². The monoisotopic (exact) mass is 427 g/mol. The molecule has 1 aromatic carbocycles. The van der Waals surface area contributed by atoms with Crippen molar-refractivity contribution >= 4 is 12.1 Å². The minimum atomic E-state index is -1.74. The summed E-state index contributed by atoms with van der Waals surface area (Å²) in [5, 5.41) is 41.2. The number of benzene rings is 1. The van der Waals surface area contributed by atoms with Crippen LogP contribution < -0.4 is 5.32 Å². The van der Waals surface area contributed by atoms with Gasteiger partial charge in [-0.1, -0.05) is 30.3 Å². The first-order chi connectivity index (χ1) is 14.0. The van der Waals surface area contributed by atoms with Crippen LogP contribution in [0.5, 0.6) is 0 Å². The Kier molecular flexibility index (Phi) is 8.16. The Morgan fingerprint density at radius 3 is 2.30 bits per heavy atom. The topological polar surface area (TPSA) is 155 Å². The lowest BCUT2D eigenvalue weighted by molar-refractivity contribution is -0.287. The number of carbonyl (C=O) groups is 2. The molecule has 0 aliphatic carbocycles. The quantitative estimate of drug-likeness (QED) is 0.377. The van der Waals surface area contributed by atoms with Crippen molar-refractivity contribution in [3.8, 4) is 0 Å². The minimum absolute atomic E-state index is 0.122. The van der Waals surface area contributed by atoms with Gasteiger partial charge in [-0.05, 0) is 26.3 Å². The minimum Gasteiger partial charge on any atom is -0.461 e. The summed E-state index contributed by atoms with van der Waals surface area (Å²) in [5.74, 6) is -0.824. The summed E-state index contributed by atoms with van der Waals surface area (Å²) in [4.78, 5) is 24.8. The molecule has 1 heterocycles. The highest BCUT2D eigenvalue weighted by atomic mass is 16.7. The smallest absolute Gasteiger partial charge is 0.408 e. The second-order valence-electron chi connectivity index (χ2n) is 8.06. The zero-order valence-electron chi connectivity index (χ0n) is 17.1. The molecule has 1 aromatic rings. The summed E-state index contributed by atoms with van der Waals surface area (Å²) in [6.07, 6.45) is -8.62. The van der Waals surface area contributed by atoms with Crippen LogP contribution in [0.1, 0.15) is 26.3 Å². The Morgan fingerprint density at radius 1 is 1.07 bits per heavy atom. The first-order valence-electron chi connectivity index (χ1n) is 9.55. The molecule has 0 radical (unpaired) electrons. The molecule has 2 rings (SSSR count). The molecule has 168 valence electrons. The molecule has 0 spiro atoms. The molecular formula is C20H29NO9. The van der Waals surface area contributed by atoms with E-state index in [-0.39, 0.29) is 6.42 Å². The van der Waals surface area contributed by atoms with Crippen molar-refractivity contribution in [3.63, 3.8) is 0 Å². The lowest BCUT2D eigenvalue weighted by Gasteiger charge is -2.38. The second kappa shape index (κ2) is 10.2. The third-order valence-electron chi connectivity index (χ3n) is 4.34. The van der Waals surface area contributed by atoms with Gasteiger partial charge in [-0.25, -0.2) is 9.59 Å². The number of amides is 1. The molecule has 5 N–H and O–H groups in total. The maximum Gasteiger partial charge on any atom is 0.408 e. The largest absolute Gasteiger partial charge is 0.461 e. The molecule has 0 saturated carbocycles. The van der Waals surface area contributed by atoms with Gasteiger partial charge in [-0.2, -0.15) is 0 Å². The van der Waals surface area contributed by atoms with Crippen LogP contribution >= 0.6 is 0 Å². The van der Waals surface area contributed by atoms with Gasteiger partial charge < -0.3 is 40.0 Å². The normalized spacial score (nSPS) is 27.8. The lowest BCUT2D eigenvalue weighted by Crippen LogP contribution is -2.59. The number of aliphatic hydroxyl groups is 4. The van der Waals surface area contributed by atoms with Crippen molar-refractivity contribution in [3.05, 3.63) is 35.9 Å². The first kappa shape index (κ1) is 24.0. The predicted molar refractivity (Wildman–Crippen MR) is 103 cm³/mol. The van der Waals surface area contributed by atoms with Gasteiger partial charge in [0.2, 0.25) is 0 Å². The number of esters is 1. The highest BCUT2D eigenvalue weighted by Gasteiger charge is 2.43. The van der Waals surface area contributed by atoms with Crippen LogP contribution in [0.3, 0.4) is 0 Å². The van der Waals surface area contributed by atoms with Crippen LogP contribution in [0.2, 0.25) is 0 Å². The number of alkyl carbamates (subject to hydrolysis) is 1. The van der Waals surface area contributed by atoms with Gasteiger partial charge in [-0.3, -0.25) is 0 Å². The molecule has 1 fully saturated rings. The van der Waals surface area contributed by atoms with E-state index < -0.39 is 61.0 Å². The highest BCUT2D eigenvalue weighted by Crippen LogP contribution is 2.20. The Balaban J connectivity index is 2.03. The summed E-state index contributed by atoms with van der Waals surface area (Å²) in [7, 11) is 0. The molecule has 10 heteroatoms. The number of ether oxygens (including phenoxy) is 3. The molecular weight excluding hydrogens is 398 g/mol. The lowest BCUT2D eigenvalue weighted by atomic mass is 9.99. The summed E-state index contributed by atoms with van der Waals surface area (Å²) in [6, 6.07) is 7.84. The molecule has 30 heavy (non-hydrogen) atoms. The third-order valence-corrected chi connectivity index (χ3v) is 4.34. The van der Waals surface area contributed by atoms with Gasteiger partial charge in [0.1, 0.15) is 42.7 Å². The second-order valence-corrected chi connectivity index (χ2v) is 8.06. The standard InChI is InChI=1S/C20H29NO9/c1-20(2,3)30-19(27)21-12(9-11-7-5-4-6-8-11)17(25)28-10-13-14(22)15(23)16(24)18(26)29-13/h4-8,12-16,18,22-24,26H,9-10H2,1-3H3,(H,21,27)/t12-,13?,14-,15?,16?,18+/m1/s1. The van der Waals surface area contributed by atoms with Gasteiger partial charge >= 0.3 is 12.1 Å². The van der Waals surface area contributed by atoms with E-state index in [9.17, 15) is 30.0 Å². The predicted octanol–water partition coefficient (Wildman–Crippen LogP) is -0.534. The van der Waals surface area contributed by atoms with Crippen LogP contribution in [0.25, 0.3) is 0 Å². The number of aliphatic hydroxyl groups excluding tert-OH is 4. The van der Waals surface area contributed by atoms with Crippen molar-refractivity contribution in [2.24, 2.45) is 0 Å². The van der Waals surface area contributed by atoms with Crippen LogP contribution in [0, 0.1) is 0 Å². The van der Waals surface area contributed by atoms with Crippen molar-refractivity contribution in [2.75, 3.05) is 6.61 Å². The molecule has 10 nitrogen and oxygen atoms in total. The van der Waals surface area contributed by atoms with Crippen molar-refractivity contribution < 1.29 is 44.2 Å². The number of hydrogen-bond donors (Lipinski definition) is 5. The van der Waals surface area contributed by atoms with E-state index in [4.69, 9.17) is 14.2 Å². The van der Waals surface area contributed by atoms with Gasteiger partial charge in [0.25, 0.3) is 0 Å². The maximum absolute atomic E-state index is 12.6. The van der Waals surface area contributed by atoms with Gasteiger partial charge in [0.15, 0.2) is 6.29 Å². The molecule has 1 saturated heterocycles. The van der Waals surface area contributed by atoms with Crippen LogP contribution in [0.15, 0.2) is 30.3 Å². The number of nitrogens with one attached hydrogen (secondary N) is 1. The third kappa shape index (κ3) is 6.92. The Hall–Kier alpha value is -2.24. The first-order valence-corrected chi connectivity index (χ1v) is 9.55. The summed E-state index contributed by atoms with van der Waals surface area (Å²) < 4.78 is 15.3. The SMILES string of the molecule is CC(C)(C)OC(=O)N[C@H](Cc1ccccc1)C(=O)OCC1O[C@H](O)C(O)C(O)[C@@H]1O. The van der Waals surface area contributed by atoms with Gasteiger partial charge in [0.05, 0.1) is 0 Å². The van der Waals surface area contributed by atoms with E-state index in [2.05, 4.69) is 5.32 Å². The van der Waals surface area contributed by atoms with E-state index in [0.717, 1.165) is 5.56 Å². The maximum atomic E-state index is 12.6. The zero-order valence-corrected chi connectivity index (χ0v) is 17.1. The fraction of sp³-hybridized carbons (Fsp3) is 0.600. The van der Waals surface area contributed by atoms with Gasteiger partial charge in [0, 0.05) is 6.42 Å². The Labute approximate surface area is 174 Å². The average molecular weight is 427 g/mol. The molecule has 1 aliphatic heterocycles. The molecule has 6 atom stereocenters. The summed E-state index contributed by atoms with van der Waals surface area (Å²) in [5.41, 5.74) is -0.00300. The molecule has 3 unspecified atom stereocenters. The van der Waals surface area contributed by atoms with E-state index in [1.54, 1.807) is 45.0 Å². The molecule has 0 bridgehead atoms. The van der Waals surface area contributed by atoms with E-state index in [1.165, 1.54) is 0 Å². The van der Waals surface area contributed by atoms with Crippen LogP contribution in [-0.4, -0.2) is 81.4 Å². The molecule has 1 aliphatic rings. The van der Waals surface area contributed by atoms with E-state index >= 15 is 0 Å². The van der Waals surface area contributed by atoms with Crippen molar-refractivity contribution in [1.29, 1.82) is 0 Å². The van der Waals surface area contributed by atoms with Crippen LogP contribution in [-0.2, 0) is 25.4 Å². The van der Waals surface area contributed by atoms with E-state index in [0.29, 0.717) is 0 Å². The van der Waals surface area contributed by atoms with Crippen molar-refractivity contribution in [1.82, 2.24) is 5.32 Å². The fourth-order valence-corrected chi connectivity index (χ4v) is 2.83. The number of rotatable bonds is 6. The molecule has 0 aromatic heterocycles. The average Bonchev–Trinajstić information content (AvgIpc) is 2.66. The number of carbonyl (C=O) groups excluding carboxylic acids is 2. The molecule has 1 amide bonds.